The van der Waals surface area contributed by atoms with Crippen LogP contribution in [0, 0.1) is 5.92 Å². The summed E-state index contributed by atoms with van der Waals surface area (Å²) in [6, 6.07) is -0.648. The van der Waals surface area contributed by atoms with Crippen LogP contribution in [-0.4, -0.2) is 34.8 Å². The van der Waals surface area contributed by atoms with Gasteiger partial charge in [-0.05, 0) is 0 Å². The highest BCUT2D eigenvalue weighted by molar-refractivity contribution is 7.09. The largest absolute Gasteiger partial charge is 0.434 e. The molecule has 1 unspecified atom stereocenters. The minimum atomic E-state index is -4.73. The van der Waals surface area contributed by atoms with Gasteiger partial charge in [-0.2, -0.15) is 18.2 Å². The van der Waals surface area contributed by atoms with Crippen LogP contribution in [0.4, 0.5) is 30.7 Å². The van der Waals surface area contributed by atoms with Gasteiger partial charge >= 0.3 is 6.18 Å². The molecule has 1 aromatic heterocycles. The minimum Gasteiger partial charge on any atom is -0.368 e. The first kappa shape index (κ1) is 20.2. The van der Waals surface area contributed by atoms with E-state index in [4.69, 9.17) is 5.73 Å². The van der Waals surface area contributed by atoms with Gasteiger partial charge in [-0.15, -0.1) is 11.3 Å². The van der Waals surface area contributed by atoms with Gasteiger partial charge in [-0.25, -0.2) is 27.5 Å². The van der Waals surface area contributed by atoms with E-state index in [1.165, 1.54) is 0 Å². The van der Waals surface area contributed by atoms with Crippen LogP contribution in [0.3, 0.4) is 0 Å². The number of nitrogens with zero attached hydrogens (tertiary/aromatic N) is 3. The van der Waals surface area contributed by atoms with Crippen molar-refractivity contribution in [3.05, 3.63) is 16.1 Å². The summed E-state index contributed by atoms with van der Waals surface area (Å²) < 4.78 is 92.3. The fraction of sp³-hybridized carbons (Fsp3) is 0.667. The molecule has 2 fully saturated rings. The molecular weight excluding hydrogens is 429 g/mol. The first-order valence-corrected chi connectivity index (χ1v) is 9.44. The lowest BCUT2D eigenvalue weighted by Gasteiger charge is -2.47. The van der Waals surface area contributed by atoms with E-state index in [1.807, 2.05) is 0 Å². The third-order valence-electron chi connectivity index (χ3n) is 5.06. The second-order valence-electron chi connectivity index (χ2n) is 7.42. The summed E-state index contributed by atoms with van der Waals surface area (Å²) in [4.78, 5) is 11.5. The number of halogens is 7. The van der Waals surface area contributed by atoms with E-state index < -0.39 is 67.0 Å². The minimum absolute atomic E-state index is 0.114. The van der Waals surface area contributed by atoms with Gasteiger partial charge in [0, 0.05) is 43.0 Å². The summed E-state index contributed by atoms with van der Waals surface area (Å²) in [6.45, 7) is 0. The number of nitrogens with two attached hydrogens (primary N) is 1. The van der Waals surface area contributed by atoms with Crippen LogP contribution in [0.15, 0.2) is 15.4 Å². The Balaban J connectivity index is 1.64. The summed E-state index contributed by atoms with van der Waals surface area (Å²) >= 11 is 0.598. The van der Waals surface area contributed by atoms with Crippen molar-refractivity contribution in [2.24, 2.45) is 21.6 Å². The lowest BCUT2D eigenvalue weighted by Crippen LogP contribution is -2.63. The van der Waals surface area contributed by atoms with Gasteiger partial charge < -0.3 is 16.4 Å². The van der Waals surface area contributed by atoms with Crippen LogP contribution >= 0.6 is 11.3 Å². The summed E-state index contributed by atoms with van der Waals surface area (Å²) in [7, 11) is 0. The third-order valence-corrected chi connectivity index (χ3v) is 6.03. The van der Waals surface area contributed by atoms with Gasteiger partial charge in [-0.3, -0.25) is 0 Å². The Morgan fingerprint density at radius 2 is 1.72 bits per heavy atom. The molecule has 0 bridgehead atoms. The number of rotatable bonds is 3. The number of aromatic nitrogens is 1. The Morgan fingerprint density at radius 3 is 2.24 bits per heavy atom. The monoisotopic (exact) mass is 444 g/mol. The van der Waals surface area contributed by atoms with Crippen LogP contribution in [0.5, 0.6) is 0 Å². The zero-order chi connectivity index (χ0) is 21.2. The van der Waals surface area contributed by atoms with E-state index in [2.05, 4.69) is 25.6 Å². The molecule has 0 radical (unpaired) electrons. The zero-order valence-electron chi connectivity index (χ0n) is 14.5. The van der Waals surface area contributed by atoms with Gasteiger partial charge in [0.1, 0.15) is 5.01 Å². The smallest absolute Gasteiger partial charge is 0.368 e. The number of guanidine groups is 2. The Morgan fingerprint density at radius 1 is 1.10 bits per heavy atom. The molecule has 4 rings (SSSR count). The second-order valence-corrected chi connectivity index (χ2v) is 8.28. The van der Waals surface area contributed by atoms with Crippen molar-refractivity contribution < 1.29 is 30.7 Å². The van der Waals surface area contributed by atoms with Gasteiger partial charge in [0.2, 0.25) is 17.8 Å². The summed E-state index contributed by atoms with van der Waals surface area (Å²) in [6.07, 6.45) is -6.95. The number of hydrogen-bond acceptors (Lipinski definition) is 7. The molecule has 160 valence electrons. The molecule has 0 amide bonds. The van der Waals surface area contributed by atoms with Crippen molar-refractivity contribution in [3.63, 3.8) is 0 Å². The van der Waals surface area contributed by atoms with Crippen LogP contribution in [0.2, 0.25) is 0 Å². The second kappa shape index (κ2) is 6.19. The molecule has 0 spiro atoms. The molecular formula is C15H15F7N6S. The van der Waals surface area contributed by atoms with Gasteiger partial charge in [0.25, 0.3) is 5.92 Å². The molecule has 14 heteroatoms. The Kier molecular flexibility index (Phi) is 4.30. The van der Waals surface area contributed by atoms with Crippen LogP contribution in [-0.2, 0) is 11.8 Å². The first-order valence-electron chi connectivity index (χ1n) is 8.56. The number of aliphatic imine (C=N–C) groups is 2. The summed E-state index contributed by atoms with van der Waals surface area (Å²) in [5.74, 6) is -7.23. The topological polar surface area (TPSA) is 87.7 Å². The van der Waals surface area contributed by atoms with E-state index in [-0.39, 0.29) is 16.9 Å². The molecule has 2 saturated carbocycles. The predicted molar refractivity (Wildman–Crippen MR) is 89.8 cm³/mol. The van der Waals surface area contributed by atoms with Crippen molar-refractivity contribution in [3.8, 4) is 0 Å². The van der Waals surface area contributed by atoms with E-state index in [0.29, 0.717) is 11.3 Å². The maximum atomic E-state index is 13.5. The zero-order valence-corrected chi connectivity index (χ0v) is 15.3. The average molecular weight is 444 g/mol. The van der Waals surface area contributed by atoms with E-state index in [1.54, 1.807) is 0 Å². The van der Waals surface area contributed by atoms with E-state index in [0.717, 1.165) is 5.38 Å². The molecule has 0 aromatic carbocycles. The molecule has 1 aliphatic heterocycles. The van der Waals surface area contributed by atoms with E-state index in [9.17, 15) is 30.7 Å². The van der Waals surface area contributed by atoms with Crippen molar-refractivity contribution >= 4 is 23.3 Å². The molecule has 3 aliphatic rings. The SMILES string of the molecule is NC1=NC(c2nc(C(F)(F)F)cs2)(C2CC(F)(F)C2)NC(NC2CC(F)(F)C2)=N1. The lowest BCUT2D eigenvalue weighted by molar-refractivity contribution is -0.142. The van der Waals surface area contributed by atoms with Crippen molar-refractivity contribution in [1.29, 1.82) is 0 Å². The maximum absolute atomic E-state index is 13.5. The highest BCUT2D eigenvalue weighted by Crippen LogP contribution is 2.53. The van der Waals surface area contributed by atoms with Crippen molar-refractivity contribution in [2.75, 3.05) is 0 Å². The predicted octanol–water partition coefficient (Wildman–Crippen LogP) is 3.02. The molecule has 1 atom stereocenters. The Hall–Kier alpha value is -2.12. The van der Waals surface area contributed by atoms with E-state index >= 15 is 0 Å². The summed E-state index contributed by atoms with van der Waals surface area (Å²) in [5, 5.41) is 5.96. The molecule has 2 aliphatic carbocycles. The standard InChI is InChI=1S/C15H15F7N6S/c16-12(17)1-6(2-12)14(9-25-8(5-29-9)15(20,21)22)27-10(23)26-11(28-14)24-7-3-13(18,19)4-7/h5-7H,1-4H2,(H4,23,24,26,27,28). The quantitative estimate of drug-likeness (QED) is 0.626. The van der Waals surface area contributed by atoms with Crippen LogP contribution < -0.4 is 16.4 Å². The van der Waals surface area contributed by atoms with Gasteiger partial charge in [0.05, 0.1) is 0 Å². The summed E-state index contributed by atoms with van der Waals surface area (Å²) in [5.41, 5.74) is 2.72. The Bertz CT molecular complexity index is 863. The number of alkyl halides is 7. The first-order chi connectivity index (χ1) is 13.3. The van der Waals surface area contributed by atoms with Gasteiger partial charge in [0.15, 0.2) is 11.4 Å². The molecule has 0 saturated heterocycles. The van der Waals surface area contributed by atoms with Gasteiger partial charge in [-0.1, -0.05) is 0 Å². The fourth-order valence-corrected chi connectivity index (χ4v) is 4.59. The average Bonchev–Trinajstić information content (AvgIpc) is 3.00. The maximum Gasteiger partial charge on any atom is 0.434 e. The van der Waals surface area contributed by atoms with Crippen molar-refractivity contribution in [1.82, 2.24) is 15.6 Å². The molecule has 29 heavy (non-hydrogen) atoms. The normalized spacial score (nSPS) is 29.2. The molecule has 6 nitrogen and oxygen atoms in total. The lowest BCUT2D eigenvalue weighted by atomic mass is 9.72. The molecule has 2 heterocycles. The number of thiazole rings is 1. The third kappa shape index (κ3) is 3.73. The number of hydrogen-bond donors (Lipinski definition) is 3. The highest BCUT2D eigenvalue weighted by Gasteiger charge is 2.59. The van der Waals surface area contributed by atoms with Crippen LogP contribution in [0.25, 0.3) is 0 Å². The van der Waals surface area contributed by atoms with Crippen LogP contribution in [0.1, 0.15) is 36.4 Å². The van der Waals surface area contributed by atoms with Crippen molar-refractivity contribution in [2.45, 2.75) is 55.4 Å². The molecule has 1 aromatic rings. The fourth-order valence-electron chi connectivity index (χ4n) is 3.59. The highest BCUT2D eigenvalue weighted by atomic mass is 32.1. The molecule has 4 N–H and O–H groups in total. The Labute approximate surface area is 163 Å². The number of nitrogens with one attached hydrogen (secondary N) is 2.